The normalized spacial score (nSPS) is 10.8. The van der Waals surface area contributed by atoms with Gasteiger partial charge < -0.3 is 15.1 Å². The molecule has 0 unspecified atom stereocenters. The van der Waals surface area contributed by atoms with Crippen molar-refractivity contribution in [2.24, 2.45) is 7.05 Å². The van der Waals surface area contributed by atoms with Crippen LogP contribution in [0.1, 0.15) is 26.7 Å². The maximum Gasteiger partial charge on any atom is 0.276 e. The highest BCUT2D eigenvalue weighted by atomic mass is 32.1. The van der Waals surface area contributed by atoms with Gasteiger partial charge in [-0.1, -0.05) is 6.07 Å². The van der Waals surface area contributed by atoms with E-state index in [0.29, 0.717) is 11.4 Å². The summed E-state index contributed by atoms with van der Waals surface area (Å²) in [5, 5.41) is 18.4. The molecule has 4 aromatic rings. The Bertz CT molecular complexity index is 1090. The zero-order valence-electron chi connectivity index (χ0n) is 14.8. The Labute approximate surface area is 163 Å². The first-order valence-electron chi connectivity index (χ1n) is 8.35. The van der Waals surface area contributed by atoms with Crippen molar-refractivity contribution < 1.29 is 14.0 Å². The Morgan fingerprint density at radius 3 is 2.93 bits per heavy atom. The summed E-state index contributed by atoms with van der Waals surface area (Å²) in [4.78, 5) is 26.0. The van der Waals surface area contributed by atoms with E-state index in [4.69, 9.17) is 4.42 Å². The monoisotopic (exact) mass is 396 g/mol. The molecule has 4 rings (SSSR count). The van der Waals surface area contributed by atoms with E-state index in [-0.39, 0.29) is 17.9 Å². The third-order valence-corrected chi connectivity index (χ3v) is 4.80. The van der Waals surface area contributed by atoms with Gasteiger partial charge in [-0.05, 0) is 29.6 Å². The quantitative estimate of drug-likeness (QED) is 0.463. The van der Waals surface area contributed by atoms with Crippen LogP contribution in [-0.2, 0) is 13.6 Å². The van der Waals surface area contributed by atoms with E-state index >= 15 is 0 Å². The van der Waals surface area contributed by atoms with Crippen molar-refractivity contribution in [3.05, 3.63) is 65.3 Å². The van der Waals surface area contributed by atoms with Gasteiger partial charge in [0.05, 0.1) is 29.1 Å². The molecule has 3 N–H and O–H groups in total. The Morgan fingerprint density at radius 1 is 1.29 bits per heavy atom. The number of H-pyrrole nitrogens is 1. The number of nitrogens with zero attached hydrogens (tertiary/aromatic N) is 3. The number of thiophene rings is 1. The average molecular weight is 396 g/mol. The lowest BCUT2D eigenvalue weighted by molar-refractivity contribution is 0.0943. The van der Waals surface area contributed by atoms with Crippen LogP contribution in [0.3, 0.4) is 0 Å². The summed E-state index contributed by atoms with van der Waals surface area (Å²) in [5.41, 5.74) is 1.37. The Kier molecular flexibility index (Phi) is 4.77. The molecule has 10 heteroatoms. The summed E-state index contributed by atoms with van der Waals surface area (Å²) in [7, 11) is 1.67. The number of carbonyl (C=O) groups is 2. The number of nitrogens with one attached hydrogen (secondary N) is 3. The number of hydrogen-bond acceptors (Lipinski definition) is 6. The van der Waals surface area contributed by atoms with Crippen molar-refractivity contribution in [1.82, 2.24) is 25.3 Å². The van der Waals surface area contributed by atoms with Crippen LogP contribution < -0.4 is 10.6 Å². The molecular weight excluding hydrogens is 380 g/mol. The first-order chi connectivity index (χ1) is 13.6. The van der Waals surface area contributed by atoms with Crippen molar-refractivity contribution >= 4 is 28.8 Å². The molecule has 142 valence electrons. The summed E-state index contributed by atoms with van der Waals surface area (Å²) >= 11 is 1.54. The summed E-state index contributed by atoms with van der Waals surface area (Å²) in [6.07, 6.45) is 3.09. The third-order valence-electron chi connectivity index (χ3n) is 3.89. The van der Waals surface area contributed by atoms with E-state index in [1.165, 1.54) is 10.9 Å². The van der Waals surface area contributed by atoms with E-state index in [1.807, 2.05) is 17.5 Å². The first kappa shape index (κ1) is 17.7. The van der Waals surface area contributed by atoms with Gasteiger partial charge in [0.1, 0.15) is 5.76 Å². The Hall–Kier alpha value is -3.66. The smallest absolute Gasteiger partial charge is 0.276 e. The summed E-state index contributed by atoms with van der Waals surface area (Å²) in [5.74, 6) is -0.242. The molecule has 0 aliphatic carbocycles. The largest absolute Gasteiger partial charge is 0.467 e. The second kappa shape index (κ2) is 7.53. The van der Waals surface area contributed by atoms with Crippen LogP contribution in [0.2, 0.25) is 0 Å². The van der Waals surface area contributed by atoms with Gasteiger partial charge in [0, 0.05) is 13.2 Å². The van der Waals surface area contributed by atoms with Crippen LogP contribution >= 0.6 is 11.3 Å². The lowest BCUT2D eigenvalue weighted by atomic mass is 10.3. The molecule has 0 spiro atoms. The molecule has 4 aromatic heterocycles. The lowest BCUT2D eigenvalue weighted by Crippen LogP contribution is -2.25. The minimum atomic E-state index is -0.438. The van der Waals surface area contributed by atoms with Crippen LogP contribution in [0.15, 0.2) is 52.6 Å². The molecule has 0 fully saturated rings. The van der Waals surface area contributed by atoms with E-state index < -0.39 is 11.8 Å². The number of anilines is 1. The van der Waals surface area contributed by atoms with E-state index in [2.05, 4.69) is 25.9 Å². The number of hydrogen-bond donors (Lipinski definition) is 3. The molecule has 0 atom stereocenters. The fourth-order valence-corrected chi connectivity index (χ4v) is 3.29. The van der Waals surface area contributed by atoms with Gasteiger partial charge in [0.25, 0.3) is 11.8 Å². The van der Waals surface area contributed by atoms with Crippen LogP contribution in [0.25, 0.3) is 10.6 Å². The highest BCUT2D eigenvalue weighted by Crippen LogP contribution is 2.23. The second-order valence-corrected chi connectivity index (χ2v) is 6.87. The molecule has 4 heterocycles. The number of furan rings is 1. The van der Waals surface area contributed by atoms with Gasteiger partial charge in [-0.2, -0.15) is 10.2 Å². The molecule has 0 saturated heterocycles. The van der Waals surface area contributed by atoms with Crippen LogP contribution in [0, 0.1) is 0 Å². The third kappa shape index (κ3) is 3.71. The molecule has 0 saturated carbocycles. The SMILES string of the molecule is Cn1cc(NC(=O)c2cc(-c3cccs3)[nH]n2)c(C(=O)NCc2ccco2)n1. The zero-order chi connectivity index (χ0) is 19.5. The van der Waals surface area contributed by atoms with Gasteiger partial charge in [0.15, 0.2) is 11.4 Å². The molecular formula is C18H16N6O3S. The topological polar surface area (TPSA) is 118 Å². The van der Waals surface area contributed by atoms with E-state index in [9.17, 15) is 9.59 Å². The fourth-order valence-electron chi connectivity index (χ4n) is 2.59. The Balaban J connectivity index is 1.47. The molecule has 0 aromatic carbocycles. The van der Waals surface area contributed by atoms with Gasteiger partial charge >= 0.3 is 0 Å². The van der Waals surface area contributed by atoms with Gasteiger partial charge in [-0.25, -0.2) is 0 Å². The summed E-state index contributed by atoms with van der Waals surface area (Å²) in [6.45, 7) is 0.222. The van der Waals surface area contributed by atoms with Crippen molar-refractivity contribution in [3.63, 3.8) is 0 Å². The molecule has 0 radical (unpaired) electrons. The van der Waals surface area contributed by atoms with E-state index in [0.717, 1.165) is 10.6 Å². The lowest BCUT2D eigenvalue weighted by Gasteiger charge is -2.04. The number of rotatable bonds is 6. The average Bonchev–Trinajstić information content (AvgIpc) is 3.46. The molecule has 0 bridgehead atoms. The molecule has 0 aliphatic heterocycles. The second-order valence-electron chi connectivity index (χ2n) is 5.93. The molecule has 0 aliphatic rings. The maximum atomic E-state index is 12.6. The van der Waals surface area contributed by atoms with Crippen LogP contribution in [0.4, 0.5) is 5.69 Å². The van der Waals surface area contributed by atoms with Crippen molar-refractivity contribution in [3.8, 4) is 10.6 Å². The standard InChI is InChI=1S/C18H16N6O3S/c1-24-10-14(16(23-24)18(26)19-9-11-4-2-6-27-11)20-17(25)13-8-12(21-22-13)15-5-3-7-28-15/h2-8,10H,9H2,1H3,(H,19,26)(H,20,25)(H,21,22). The van der Waals surface area contributed by atoms with E-state index in [1.54, 1.807) is 42.8 Å². The molecule has 2 amide bonds. The number of amides is 2. The minimum absolute atomic E-state index is 0.108. The summed E-state index contributed by atoms with van der Waals surface area (Å²) in [6, 6.07) is 9.01. The fraction of sp³-hybridized carbons (Fsp3) is 0.111. The van der Waals surface area contributed by atoms with Crippen LogP contribution in [0.5, 0.6) is 0 Å². The predicted octanol–water partition coefficient (Wildman–Crippen LogP) is 2.65. The van der Waals surface area contributed by atoms with Gasteiger partial charge in [-0.15, -0.1) is 11.3 Å². The van der Waals surface area contributed by atoms with Gasteiger partial charge in [-0.3, -0.25) is 19.4 Å². The van der Waals surface area contributed by atoms with Crippen molar-refractivity contribution in [1.29, 1.82) is 0 Å². The highest BCUT2D eigenvalue weighted by Gasteiger charge is 2.20. The number of aromatic nitrogens is 4. The Morgan fingerprint density at radius 2 is 2.18 bits per heavy atom. The minimum Gasteiger partial charge on any atom is -0.467 e. The predicted molar refractivity (Wildman–Crippen MR) is 103 cm³/mol. The molecule has 28 heavy (non-hydrogen) atoms. The number of carbonyl (C=O) groups excluding carboxylic acids is 2. The highest BCUT2D eigenvalue weighted by molar-refractivity contribution is 7.13. The van der Waals surface area contributed by atoms with Crippen LogP contribution in [-0.4, -0.2) is 31.8 Å². The maximum absolute atomic E-state index is 12.6. The first-order valence-corrected chi connectivity index (χ1v) is 9.23. The summed E-state index contributed by atoms with van der Waals surface area (Å²) < 4.78 is 6.65. The van der Waals surface area contributed by atoms with Crippen molar-refractivity contribution in [2.75, 3.05) is 5.32 Å². The zero-order valence-corrected chi connectivity index (χ0v) is 15.6. The van der Waals surface area contributed by atoms with Gasteiger partial charge in [0.2, 0.25) is 0 Å². The number of aromatic amines is 1. The van der Waals surface area contributed by atoms with Crippen molar-refractivity contribution in [2.45, 2.75) is 6.54 Å². The number of aryl methyl sites for hydroxylation is 1. The molecule has 9 nitrogen and oxygen atoms in total.